The number of carbonyl (C=O) groups is 1. The second-order valence-corrected chi connectivity index (χ2v) is 5.89. The average Bonchev–Trinajstić information content (AvgIpc) is 2.57. The van der Waals surface area contributed by atoms with Crippen molar-refractivity contribution in [1.82, 2.24) is 15.2 Å². The van der Waals surface area contributed by atoms with Gasteiger partial charge in [-0.3, -0.25) is 9.78 Å². The van der Waals surface area contributed by atoms with Crippen LogP contribution >= 0.6 is 11.6 Å². The van der Waals surface area contributed by atoms with E-state index in [1.54, 1.807) is 42.7 Å². The fourth-order valence-electron chi connectivity index (χ4n) is 2.56. The molecule has 2 aromatic rings. The molecular weight excluding hydrogens is 314 g/mol. The highest BCUT2D eigenvalue weighted by Gasteiger charge is 2.24. The predicted octanol–water partition coefficient (Wildman–Crippen LogP) is 2.96. The zero-order valence-corrected chi connectivity index (χ0v) is 13.6. The summed E-state index contributed by atoms with van der Waals surface area (Å²) in [5.74, 6) is 1.16. The van der Waals surface area contributed by atoms with Gasteiger partial charge in [0, 0.05) is 43.6 Å². The Morgan fingerprint density at radius 1 is 1.35 bits per heavy atom. The van der Waals surface area contributed by atoms with Crippen molar-refractivity contribution in [1.29, 1.82) is 0 Å². The normalized spacial score (nSPS) is 17.8. The monoisotopic (exact) mass is 331 g/mol. The van der Waals surface area contributed by atoms with Crippen LogP contribution in [-0.4, -0.2) is 41.5 Å². The SMILES string of the molecule is CC1CNCCN1C(=O)c1ccc(Oc2ccncc2)c(Cl)c1. The molecule has 1 fully saturated rings. The molecule has 1 amide bonds. The van der Waals surface area contributed by atoms with Crippen molar-refractivity contribution in [3.8, 4) is 11.5 Å². The number of pyridine rings is 1. The topological polar surface area (TPSA) is 54.5 Å². The van der Waals surface area contributed by atoms with Crippen LogP contribution in [0.5, 0.6) is 11.5 Å². The van der Waals surface area contributed by atoms with E-state index in [9.17, 15) is 4.79 Å². The number of hydrogen-bond acceptors (Lipinski definition) is 4. The van der Waals surface area contributed by atoms with Crippen LogP contribution in [0.3, 0.4) is 0 Å². The molecule has 5 nitrogen and oxygen atoms in total. The largest absolute Gasteiger partial charge is 0.456 e. The average molecular weight is 332 g/mol. The van der Waals surface area contributed by atoms with E-state index >= 15 is 0 Å². The molecule has 0 radical (unpaired) electrons. The molecule has 6 heteroatoms. The Morgan fingerprint density at radius 2 is 2.13 bits per heavy atom. The lowest BCUT2D eigenvalue weighted by Gasteiger charge is -2.34. The second-order valence-electron chi connectivity index (χ2n) is 5.48. The third-order valence-electron chi connectivity index (χ3n) is 3.82. The van der Waals surface area contributed by atoms with E-state index in [1.165, 1.54) is 0 Å². The minimum absolute atomic E-state index is 0.00337. The van der Waals surface area contributed by atoms with Crippen molar-refractivity contribution in [2.24, 2.45) is 0 Å². The van der Waals surface area contributed by atoms with Crippen molar-refractivity contribution in [3.63, 3.8) is 0 Å². The smallest absolute Gasteiger partial charge is 0.254 e. The molecular formula is C17H18ClN3O2. The Bertz CT molecular complexity index is 693. The number of halogens is 1. The van der Waals surface area contributed by atoms with Crippen molar-refractivity contribution in [2.75, 3.05) is 19.6 Å². The third-order valence-corrected chi connectivity index (χ3v) is 4.11. The van der Waals surface area contributed by atoms with Crippen molar-refractivity contribution in [3.05, 3.63) is 53.3 Å². The molecule has 2 heterocycles. The van der Waals surface area contributed by atoms with Crippen molar-refractivity contribution < 1.29 is 9.53 Å². The number of ether oxygens (including phenoxy) is 1. The number of amides is 1. The van der Waals surface area contributed by atoms with Gasteiger partial charge in [0.2, 0.25) is 0 Å². The fourth-order valence-corrected chi connectivity index (χ4v) is 2.78. The van der Waals surface area contributed by atoms with E-state index in [4.69, 9.17) is 16.3 Å². The van der Waals surface area contributed by atoms with Crippen LogP contribution in [0.2, 0.25) is 5.02 Å². The predicted molar refractivity (Wildman–Crippen MR) is 89.1 cm³/mol. The summed E-state index contributed by atoms with van der Waals surface area (Å²) >= 11 is 6.27. The summed E-state index contributed by atoms with van der Waals surface area (Å²) in [5, 5.41) is 3.69. The summed E-state index contributed by atoms with van der Waals surface area (Å²) in [7, 11) is 0. The van der Waals surface area contributed by atoms with Gasteiger partial charge in [-0.1, -0.05) is 11.6 Å². The molecule has 0 spiro atoms. The van der Waals surface area contributed by atoms with Gasteiger partial charge in [0.05, 0.1) is 5.02 Å². The lowest BCUT2D eigenvalue weighted by molar-refractivity contribution is 0.0656. The molecule has 0 bridgehead atoms. The number of nitrogens with zero attached hydrogens (tertiary/aromatic N) is 2. The molecule has 0 aliphatic carbocycles. The maximum Gasteiger partial charge on any atom is 0.254 e. The highest BCUT2D eigenvalue weighted by Crippen LogP contribution is 2.30. The van der Waals surface area contributed by atoms with Crippen LogP contribution < -0.4 is 10.1 Å². The molecule has 3 rings (SSSR count). The van der Waals surface area contributed by atoms with Gasteiger partial charge in [-0.05, 0) is 37.3 Å². The van der Waals surface area contributed by atoms with Gasteiger partial charge in [-0.25, -0.2) is 0 Å². The standard InChI is InChI=1S/C17H18ClN3O2/c1-12-11-20-8-9-21(12)17(22)13-2-3-16(15(18)10-13)23-14-4-6-19-7-5-14/h2-7,10,12,20H,8-9,11H2,1H3. The van der Waals surface area contributed by atoms with Crippen LogP contribution in [0.1, 0.15) is 17.3 Å². The van der Waals surface area contributed by atoms with Crippen LogP contribution in [0.15, 0.2) is 42.7 Å². The molecule has 1 atom stereocenters. The van der Waals surface area contributed by atoms with Gasteiger partial charge >= 0.3 is 0 Å². The van der Waals surface area contributed by atoms with Gasteiger partial charge in [-0.15, -0.1) is 0 Å². The molecule has 1 aliphatic rings. The minimum Gasteiger partial charge on any atom is -0.456 e. The number of carbonyl (C=O) groups excluding carboxylic acids is 1. The molecule has 1 unspecified atom stereocenters. The highest BCUT2D eigenvalue weighted by atomic mass is 35.5. The van der Waals surface area contributed by atoms with E-state index in [2.05, 4.69) is 10.3 Å². The van der Waals surface area contributed by atoms with Gasteiger partial charge in [0.15, 0.2) is 0 Å². The summed E-state index contributed by atoms with van der Waals surface area (Å²) in [6.07, 6.45) is 3.29. The number of benzene rings is 1. The van der Waals surface area contributed by atoms with Crippen molar-refractivity contribution in [2.45, 2.75) is 13.0 Å². The minimum atomic E-state index is -0.00337. The Labute approximate surface area is 140 Å². The number of aromatic nitrogens is 1. The highest BCUT2D eigenvalue weighted by molar-refractivity contribution is 6.32. The Kier molecular flexibility index (Phi) is 4.79. The van der Waals surface area contributed by atoms with Crippen LogP contribution in [0.25, 0.3) is 0 Å². The number of rotatable bonds is 3. The Morgan fingerprint density at radius 3 is 2.83 bits per heavy atom. The maximum absolute atomic E-state index is 12.6. The number of piperazine rings is 1. The zero-order chi connectivity index (χ0) is 16.2. The van der Waals surface area contributed by atoms with E-state index < -0.39 is 0 Å². The van der Waals surface area contributed by atoms with Crippen molar-refractivity contribution >= 4 is 17.5 Å². The second kappa shape index (κ2) is 6.98. The number of nitrogens with one attached hydrogen (secondary N) is 1. The van der Waals surface area contributed by atoms with Crippen LogP contribution in [0.4, 0.5) is 0 Å². The fraction of sp³-hybridized carbons (Fsp3) is 0.294. The lowest BCUT2D eigenvalue weighted by atomic mass is 10.1. The van der Waals surface area contributed by atoms with E-state index in [-0.39, 0.29) is 11.9 Å². The summed E-state index contributed by atoms with van der Waals surface area (Å²) in [6, 6.07) is 8.80. The first-order chi connectivity index (χ1) is 11.1. The van der Waals surface area contributed by atoms with E-state index in [0.29, 0.717) is 28.6 Å². The summed E-state index contributed by atoms with van der Waals surface area (Å²) in [5.41, 5.74) is 0.575. The van der Waals surface area contributed by atoms with Gasteiger partial charge < -0.3 is 15.0 Å². The first-order valence-corrected chi connectivity index (χ1v) is 7.92. The molecule has 23 heavy (non-hydrogen) atoms. The van der Waals surface area contributed by atoms with E-state index in [0.717, 1.165) is 13.1 Å². The number of hydrogen-bond donors (Lipinski definition) is 1. The van der Waals surface area contributed by atoms with Gasteiger partial charge in [-0.2, -0.15) is 0 Å². The molecule has 1 aromatic carbocycles. The maximum atomic E-state index is 12.6. The molecule has 1 saturated heterocycles. The van der Waals surface area contributed by atoms with Crippen LogP contribution in [-0.2, 0) is 0 Å². The summed E-state index contributed by atoms with van der Waals surface area (Å²) in [4.78, 5) is 18.4. The third kappa shape index (κ3) is 3.63. The zero-order valence-electron chi connectivity index (χ0n) is 12.8. The Hall–Kier alpha value is -2.11. The summed E-state index contributed by atoms with van der Waals surface area (Å²) < 4.78 is 5.70. The summed E-state index contributed by atoms with van der Waals surface area (Å²) in [6.45, 7) is 4.36. The molecule has 1 aromatic heterocycles. The first kappa shape index (κ1) is 15.8. The van der Waals surface area contributed by atoms with E-state index in [1.807, 2.05) is 11.8 Å². The Balaban J connectivity index is 1.77. The molecule has 1 aliphatic heterocycles. The molecule has 120 valence electrons. The molecule has 1 N–H and O–H groups in total. The van der Waals surface area contributed by atoms with Crippen LogP contribution in [0, 0.1) is 0 Å². The van der Waals surface area contributed by atoms with Gasteiger partial charge in [0.25, 0.3) is 5.91 Å². The first-order valence-electron chi connectivity index (χ1n) is 7.54. The van der Waals surface area contributed by atoms with Gasteiger partial charge in [0.1, 0.15) is 11.5 Å². The molecule has 0 saturated carbocycles. The quantitative estimate of drug-likeness (QED) is 0.939. The lowest BCUT2D eigenvalue weighted by Crippen LogP contribution is -2.52.